The minimum Gasteiger partial charge on any atom is -0.368 e. The molecule has 2 N–H and O–H groups in total. The van der Waals surface area contributed by atoms with Crippen molar-refractivity contribution in [2.45, 2.75) is 6.92 Å². The number of aliphatic imine (C=N–C) groups is 1. The van der Waals surface area contributed by atoms with E-state index in [0.717, 1.165) is 11.3 Å². The van der Waals surface area contributed by atoms with Crippen LogP contribution in [0.2, 0.25) is 0 Å². The average Bonchev–Trinajstić information content (AvgIpc) is 2.15. The molecule has 13 heavy (non-hydrogen) atoms. The van der Waals surface area contributed by atoms with E-state index < -0.39 is 5.91 Å². The summed E-state index contributed by atoms with van der Waals surface area (Å²) < 4.78 is 0. The van der Waals surface area contributed by atoms with Gasteiger partial charge in [-0.15, -0.1) is 0 Å². The van der Waals surface area contributed by atoms with Crippen LogP contribution < -0.4 is 5.73 Å². The van der Waals surface area contributed by atoms with Gasteiger partial charge in [-0.05, 0) is 12.5 Å². The van der Waals surface area contributed by atoms with E-state index in [2.05, 4.69) is 4.99 Å². The van der Waals surface area contributed by atoms with E-state index in [9.17, 15) is 4.79 Å². The lowest BCUT2D eigenvalue weighted by molar-refractivity contribution is -0.116. The number of nitrogens with zero attached hydrogens (tertiary/aromatic N) is 1. The number of nitrogens with two attached hydrogens (primary N) is 1. The lowest BCUT2D eigenvalue weighted by Gasteiger charge is -1.98. The maximum atomic E-state index is 10.5. The zero-order valence-corrected chi connectivity index (χ0v) is 7.53. The molecule has 1 rings (SSSR count). The Balaban J connectivity index is 2.73. The monoisotopic (exact) mass is 176 g/mol. The molecule has 0 unspecified atom stereocenters. The highest BCUT2D eigenvalue weighted by Crippen LogP contribution is 2.00. The van der Waals surface area contributed by atoms with Crippen LogP contribution in [0, 0.1) is 0 Å². The van der Waals surface area contributed by atoms with Crippen LogP contribution in [0.25, 0.3) is 0 Å². The Kier molecular flexibility index (Phi) is 3.20. The summed E-state index contributed by atoms with van der Waals surface area (Å²) in [5.74, 6) is -0.407. The predicted octanol–water partition coefficient (Wildman–Crippen LogP) is 0.981. The van der Waals surface area contributed by atoms with Crippen LogP contribution in [0.1, 0.15) is 12.5 Å². The lowest BCUT2D eigenvalue weighted by atomic mass is 10.1. The molecule has 1 aromatic carbocycles. The van der Waals surface area contributed by atoms with E-state index in [1.165, 1.54) is 0 Å². The Bertz CT molecular complexity index is 317. The smallest absolute Gasteiger partial charge is 0.239 e. The standard InChI is InChI=1S/C10H12N2O/c1-8(12-7-10(11)13)9-5-3-2-4-6-9/h2-6H,7H2,1H3,(H2,11,13). The zero-order chi connectivity index (χ0) is 9.68. The summed E-state index contributed by atoms with van der Waals surface area (Å²) in [5, 5.41) is 0. The van der Waals surface area contributed by atoms with E-state index in [4.69, 9.17) is 5.73 Å². The van der Waals surface area contributed by atoms with Crippen LogP contribution in [0.5, 0.6) is 0 Å². The van der Waals surface area contributed by atoms with E-state index in [-0.39, 0.29) is 6.54 Å². The Labute approximate surface area is 77.3 Å². The maximum absolute atomic E-state index is 10.5. The van der Waals surface area contributed by atoms with Crippen molar-refractivity contribution in [1.82, 2.24) is 0 Å². The minimum atomic E-state index is -0.407. The topological polar surface area (TPSA) is 55.4 Å². The molecule has 0 aliphatic carbocycles. The van der Waals surface area contributed by atoms with Crippen molar-refractivity contribution in [2.24, 2.45) is 10.7 Å². The molecule has 1 amide bonds. The van der Waals surface area contributed by atoms with Gasteiger partial charge in [-0.3, -0.25) is 9.79 Å². The molecule has 0 aromatic heterocycles. The third-order valence-corrected chi connectivity index (χ3v) is 1.66. The summed E-state index contributed by atoms with van der Waals surface area (Å²) >= 11 is 0. The van der Waals surface area contributed by atoms with Gasteiger partial charge in [0.25, 0.3) is 0 Å². The summed E-state index contributed by atoms with van der Waals surface area (Å²) in [5.41, 5.74) is 6.82. The highest BCUT2D eigenvalue weighted by Gasteiger charge is 1.95. The van der Waals surface area contributed by atoms with Gasteiger partial charge in [-0.1, -0.05) is 30.3 Å². The highest BCUT2D eigenvalue weighted by atomic mass is 16.1. The van der Waals surface area contributed by atoms with Crippen molar-refractivity contribution in [3.8, 4) is 0 Å². The molecule has 0 bridgehead atoms. The van der Waals surface area contributed by atoms with Crippen LogP contribution in [0.15, 0.2) is 35.3 Å². The van der Waals surface area contributed by atoms with Gasteiger partial charge in [-0.2, -0.15) is 0 Å². The average molecular weight is 176 g/mol. The fourth-order valence-electron chi connectivity index (χ4n) is 0.967. The molecular formula is C10H12N2O. The molecule has 68 valence electrons. The Hall–Kier alpha value is -1.64. The molecule has 0 atom stereocenters. The van der Waals surface area contributed by atoms with Gasteiger partial charge in [0.05, 0.1) is 0 Å². The second-order valence-corrected chi connectivity index (χ2v) is 2.73. The second kappa shape index (κ2) is 4.40. The molecule has 0 saturated heterocycles. The van der Waals surface area contributed by atoms with Crippen LogP contribution >= 0.6 is 0 Å². The van der Waals surface area contributed by atoms with E-state index in [1.54, 1.807) is 0 Å². The van der Waals surface area contributed by atoms with Crippen LogP contribution in [0.4, 0.5) is 0 Å². The van der Waals surface area contributed by atoms with Gasteiger partial charge in [0.1, 0.15) is 6.54 Å². The molecule has 0 aliphatic heterocycles. The normalized spacial score (nSPS) is 11.3. The number of carbonyl (C=O) groups excluding carboxylic acids is 1. The highest BCUT2D eigenvalue weighted by molar-refractivity contribution is 5.99. The summed E-state index contributed by atoms with van der Waals surface area (Å²) in [6.45, 7) is 1.92. The third-order valence-electron chi connectivity index (χ3n) is 1.66. The lowest BCUT2D eigenvalue weighted by Crippen LogP contribution is -2.15. The Morgan fingerprint density at radius 3 is 2.54 bits per heavy atom. The van der Waals surface area contributed by atoms with Gasteiger partial charge < -0.3 is 5.73 Å². The number of amides is 1. The quantitative estimate of drug-likeness (QED) is 0.686. The fourth-order valence-corrected chi connectivity index (χ4v) is 0.967. The first-order chi connectivity index (χ1) is 6.20. The fraction of sp³-hybridized carbons (Fsp3) is 0.200. The molecule has 0 aliphatic rings. The number of rotatable bonds is 3. The summed E-state index contributed by atoms with van der Waals surface area (Å²) in [4.78, 5) is 14.5. The van der Waals surface area contributed by atoms with Crippen molar-refractivity contribution in [3.05, 3.63) is 35.9 Å². The second-order valence-electron chi connectivity index (χ2n) is 2.73. The molecule has 3 heteroatoms. The number of carbonyl (C=O) groups is 1. The van der Waals surface area contributed by atoms with Gasteiger partial charge in [0.15, 0.2) is 0 Å². The van der Waals surface area contributed by atoms with Gasteiger partial charge in [0.2, 0.25) is 5.91 Å². The first-order valence-electron chi connectivity index (χ1n) is 4.05. The molecule has 3 nitrogen and oxygen atoms in total. The first-order valence-corrected chi connectivity index (χ1v) is 4.05. The van der Waals surface area contributed by atoms with Crippen LogP contribution in [-0.2, 0) is 4.79 Å². The van der Waals surface area contributed by atoms with Crippen molar-refractivity contribution in [3.63, 3.8) is 0 Å². The predicted molar refractivity (Wildman–Crippen MR) is 52.7 cm³/mol. The summed E-state index contributed by atoms with van der Waals surface area (Å²) in [6, 6.07) is 9.68. The maximum Gasteiger partial charge on any atom is 0.239 e. The molecule has 0 radical (unpaired) electrons. The minimum absolute atomic E-state index is 0.0563. The number of hydrogen-bond acceptors (Lipinski definition) is 2. The van der Waals surface area contributed by atoms with Crippen molar-refractivity contribution in [1.29, 1.82) is 0 Å². The Morgan fingerprint density at radius 1 is 1.38 bits per heavy atom. The van der Waals surface area contributed by atoms with Crippen LogP contribution in [0.3, 0.4) is 0 Å². The van der Waals surface area contributed by atoms with E-state index in [0.29, 0.717) is 0 Å². The summed E-state index contributed by atoms with van der Waals surface area (Å²) in [7, 11) is 0. The first kappa shape index (κ1) is 9.45. The van der Waals surface area contributed by atoms with E-state index >= 15 is 0 Å². The van der Waals surface area contributed by atoms with Gasteiger partial charge in [0, 0.05) is 5.71 Å². The molecule has 0 saturated carbocycles. The number of benzene rings is 1. The number of hydrogen-bond donors (Lipinski definition) is 1. The molecule has 0 heterocycles. The van der Waals surface area contributed by atoms with Crippen LogP contribution in [-0.4, -0.2) is 18.2 Å². The SMILES string of the molecule is CC(=NCC(N)=O)c1ccccc1. The zero-order valence-electron chi connectivity index (χ0n) is 7.53. The molecule has 0 spiro atoms. The van der Waals surface area contributed by atoms with Crippen molar-refractivity contribution >= 4 is 11.6 Å². The van der Waals surface area contributed by atoms with Gasteiger partial charge in [-0.25, -0.2) is 0 Å². The van der Waals surface area contributed by atoms with Gasteiger partial charge >= 0.3 is 0 Å². The number of primary amides is 1. The molecule has 0 fully saturated rings. The Morgan fingerprint density at radius 2 is 2.00 bits per heavy atom. The molecule has 1 aromatic rings. The summed E-state index contributed by atoms with van der Waals surface area (Å²) in [6.07, 6.45) is 0. The van der Waals surface area contributed by atoms with Crippen molar-refractivity contribution in [2.75, 3.05) is 6.54 Å². The van der Waals surface area contributed by atoms with Crippen molar-refractivity contribution < 1.29 is 4.79 Å². The third kappa shape index (κ3) is 3.07. The largest absolute Gasteiger partial charge is 0.368 e. The van der Waals surface area contributed by atoms with E-state index in [1.807, 2.05) is 37.3 Å². The molecular weight excluding hydrogens is 164 g/mol.